The number of nitrogens with zero attached hydrogens (tertiary/aromatic N) is 2. The third-order valence-corrected chi connectivity index (χ3v) is 1.77. The minimum Gasteiger partial charge on any atom is -0.501 e. The SMILES string of the molecule is CCOC=Cc1ncc(C)c(OC(C)C)n1. The fourth-order valence-electron chi connectivity index (χ4n) is 1.07. The van der Waals surface area contributed by atoms with Gasteiger partial charge in [-0.1, -0.05) is 0 Å². The number of ether oxygens (including phenoxy) is 2. The van der Waals surface area contributed by atoms with Crippen molar-refractivity contribution < 1.29 is 9.47 Å². The van der Waals surface area contributed by atoms with Gasteiger partial charge in [0.2, 0.25) is 5.88 Å². The highest BCUT2D eigenvalue weighted by Crippen LogP contribution is 2.15. The van der Waals surface area contributed by atoms with Gasteiger partial charge in [0.25, 0.3) is 0 Å². The Kier molecular flexibility index (Phi) is 4.76. The molecule has 0 radical (unpaired) electrons. The molecule has 0 unspecified atom stereocenters. The van der Waals surface area contributed by atoms with Crippen LogP contribution in [0.3, 0.4) is 0 Å². The zero-order valence-electron chi connectivity index (χ0n) is 10.2. The van der Waals surface area contributed by atoms with Gasteiger partial charge >= 0.3 is 0 Å². The van der Waals surface area contributed by atoms with E-state index in [9.17, 15) is 0 Å². The molecule has 0 bridgehead atoms. The molecule has 0 atom stereocenters. The highest BCUT2D eigenvalue weighted by molar-refractivity contribution is 5.40. The summed E-state index contributed by atoms with van der Waals surface area (Å²) in [7, 11) is 0. The minimum atomic E-state index is 0.109. The van der Waals surface area contributed by atoms with Gasteiger partial charge in [-0.3, -0.25) is 0 Å². The van der Waals surface area contributed by atoms with Gasteiger partial charge in [0.15, 0.2) is 5.82 Å². The van der Waals surface area contributed by atoms with E-state index in [4.69, 9.17) is 9.47 Å². The molecule has 88 valence electrons. The lowest BCUT2D eigenvalue weighted by Gasteiger charge is -2.10. The molecule has 1 rings (SSSR count). The maximum Gasteiger partial charge on any atom is 0.220 e. The van der Waals surface area contributed by atoms with E-state index in [0.29, 0.717) is 18.3 Å². The zero-order valence-corrected chi connectivity index (χ0v) is 10.2. The van der Waals surface area contributed by atoms with Crippen molar-refractivity contribution in [3.05, 3.63) is 23.8 Å². The second kappa shape index (κ2) is 6.10. The second-order valence-electron chi connectivity index (χ2n) is 3.64. The van der Waals surface area contributed by atoms with Gasteiger partial charge < -0.3 is 9.47 Å². The van der Waals surface area contributed by atoms with Crippen molar-refractivity contribution in [2.75, 3.05) is 6.61 Å². The molecule has 1 aromatic heterocycles. The van der Waals surface area contributed by atoms with Gasteiger partial charge in [-0.25, -0.2) is 4.98 Å². The molecular weight excluding hydrogens is 204 g/mol. The molecule has 0 saturated carbocycles. The Hall–Kier alpha value is -1.58. The highest BCUT2D eigenvalue weighted by atomic mass is 16.5. The van der Waals surface area contributed by atoms with Crippen LogP contribution in [0.2, 0.25) is 0 Å². The Morgan fingerprint density at radius 2 is 2.19 bits per heavy atom. The maximum atomic E-state index is 5.57. The van der Waals surface area contributed by atoms with Crippen molar-refractivity contribution in [2.24, 2.45) is 0 Å². The first-order valence-corrected chi connectivity index (χ1v) is 5.42. The lowest BCUT2D eigenvalue weighted by atomic mass is 10.3. The van der Waals surface area contributed by atoms with Gasteiger partial charge in [-0.15, -0.1) is 0 Å². The number of aromatic nitrogens is 2. The van der Waals surface area contributed by atoms with E-state index in [1.54, 1.807) is 18.5 Å². The summed E-state index contributed by atoms with van der Waals surface area (Å²) in [5, 5.41) is 0. The van der Waals surface area contributed by atoms with E-state index >= 15 is 0 Å². The molecule has 0 fully saturated rings. The second-order valence-corrected chi connectivity index (χ2v) is 3.64. The predicted molar refractivity (Wildman–Crippen MR) is 63.2 cm³/mol. The summed E-state index contributed by atoms with van der Waals surface area (Å²) < 4.78 is 10.7. The quantitative estimate of drug-likeness (QED) is 0.718. The summed E-state index contributed by atoms with van der Waals surface area (Å²) in [4.78, 5) is 8.44. The molecule has 1 heterocycles. The largest absolute Gasteiger partial charge is 0.501 e. The minimum absolute atomic E-state index is 0.109. The van der Waals surface area contributed by atoms with Crippen LogP contribution in [0, 0.1) is 6.92 Å². The van der Waals surface area contributed by atoms with Crippen molar-refractivity contribution in [3.63, 3.8) is 0 Å². The van der Waals surface area contributed by atoms with Gasteiger partial charge in [0.05, 0.1) is 19.0 Å². The Balaban J connectivity index is 2.80. The van der Waals surface area contributed by atoms with E-state index in [0.717, 1.165) is 5.56 Å². The summed E-state index contributed by atoms with van der Waals surface area (Å²) in [6.45, 7) is 8.42. The van der Waals surface area contributed by atoms with Crippen LogP contribution in [0.25, 0.3) is 6.08 Å². The Morgan fingerprint density at radius 1 is 1.44 bits per heavy atom. The van der Waals surface area contributed by atoms with E-state index in [-0.39, 0.29) is 6.10 Å². The molecule has 0 saturated heterocycles. The first-order valence-electron chi connectivity index (χ1n) is 5.42. The number of hydrogen-bond donors (Lipinski definition) is 0. The average Bonchev–Trinajstić information content (AvgIpc) is 2.22. The number of aryl methyl sites for hydroxylation is 1. The van der Waals surface area contributed by atoms with E-state index in [1.807, 2.05) is 27.7 Å². The van der Waals surface area contributed by atoms with Crippen LogP contribution >= 0.6 is 0 Å². The van der Waals surface area contributed by atoms with Crippen LogP contribution < -0.4 is 4.74 Å². The highest BCUT2D eigenvalue weighted by Gasteiger charge is 2.05. The molecule has 0 aliphatic carbocycles. The van der Waals surface area contributed by atoms with Crippen LogP contribution in [0.5, 0.6) is 5.88 Å². The van der Waals surface area contributed by atoms with Crippen molar-refractivity contribution in [1.82, 2.24) is 9.97 Å². The molecule has 4 nitrogen and oxygen atoms in total. The van der Waals surface area contributed by atoms with Gasteiger partial charge in [0, 0.05) is 17.8 Å². The first-order chi connectivity index (χ1) is 7.63. The summed E-state index contributed by atoms with van der Waals surface area (Å²) in [5.74, 6) is 1.22. The average molecular weight is 222 g/mol. The number of hydrogen-bond acceptors (Lipinski definition) is 4. The topological polar surface area (TPSA) is 44.2 Å². The first kappa shape index (κ1) is 12.5. The van der Waals surface area contributed by atoms with Crippen LogP contribution in [0.4, 0.5) is 0 Å². The van der Waals surface area contributed by atoms with Crippen molar-refractivity contribution in [3.8, 4) is 5.88 Å². The molecule has 0 N–H and O–H groups in total. The maximum absolute atomic E-state index is 5.57. The Morgan fingerprint density at radius 3 is 2.81 bits per heavy atom. The van der Waals surface area contributed by atoms with Gasteiger partial charge in [-0.05, 0) is 27.7 Å². The van der Waals surface area contributed by atoms with Crippen molar-refractivity contribution in [2.45, 2.75) is 33.8 Å². The molecule has 0 aliphatic heterocycles. The zero-order chi connectivity index (χ0) is 12.0. The third-order valence-electron chi connectivity index (χ3n) is 1.77. The smallest absolute Gasteiger partial charge is 0.220 e. The molecule has 0 aromatic carbocycles. The molecule has 0 aliphatic rings. The monoisotopic (exact) mass is 222 g/mol. The molecule has 0 amide bonds. The van der Waals surface area contributed by atoms with Crippen molar-refractivity contribution in [1.29, 1.82) is 0 Å². The Labute approximate surface area is 96.3 Å². The predicted octanol–water partition coefficient (Wildman–Crippen LogP) is 2.58. The van der Waals surface area contributed by atoms with E-state index < -0.39 is 0 Å². The van der Waals surface area contributed by atoms with Crippen LogP contribution in [-0.4, -0.2) is 22.7 Å². The molecule has 1 aromatic rings. The van der Waals surface area contributed by atoms with Crippen molar-refractivity contribution >= 4 is 6.08 Å². The van der Waals surface area contributed by atoms with Gasteiger partial charge in [0.1, 0.15) is 0 Å². The fraction of sp³-hybridized carbons (Fsp3) is 0.500. The summed E-state index contributed by atoms with van der Waals surface area (Å²) in [6.07, 6.45) is 5.16. The van der Waals surface area contributed by atoms with E-state index in [1.165, 1.54) is 0 Å². The summed E-state index contributed by atoms with van der Waals surface area (Å²) >= 11 is 0. The normalized spacial score (nSPS) is 11.1. The molecule has 4 heteroatoms. The number of rotatable bonds is 5. The standard InChI is InChI=1S/C12H18N2O2/c1-5-15-7-6-11-13-8-10(4)12(14-11)16-9(2)3/h6-9H,5H2,1-4H3. The molecule has 0 spiro atoms. The van der Waals surface area contributed by atoms with Gasteiger partial charge in [-0.2, -0.15) is 4.98 Å². The van der Waals surface area contributed by atoms with Crippen LogP contribution in [0.15, 0.2) is 12.5 Å². The Bertz CT molecular complexity index is 362. The van der Waals surface area contributed by atoms with Crippen LogP contribution in [-0.2, 0) is 4.74 Å². The summed E-state index contributed by atoms with van der Waals surface area (Å²) in [6, 6.07) is 0. The van der Waals surface area contributed by atoms with E-state index in [2.05, 4.69) is 9.97 Å². The lowest BCUT2D eigenvalue weighted by Crippen LogP contribution is -2.09. The fourth-order valence-corrected chi connectivity index (χ4v) is 1.07. The molecule has 16 heavy (non-hydrogen) atoms. The summed E-state index contributed by atoms with van der Waals surface area (Å²) in [5.41, 5.74) is 0.933. The lowest BCUT2D eigenvalue weighted by molar-refractivity contribution is 0.230. The molecular formula is C12H18N2O2. The third kappa shape index (κ3) is 3.88. The van der Waals surface area contributed by atoms with Crippen LogP contribution in [0.1, 0.15) is 32.2 Å².